The van der Waals surface area contributed by atoms with Crippen LogP contribution in [0.5, 0.6) is 0 Å². The largest absolute Gasteiger partial charge is 0.372 e. The van der Waals surface area contributed by atoms with E-state index < -0.39 is 0 Å². The van der Waals surface area contributed by atoms with Gasteiger partial charge in [0.25, 0.3) is 5.91 Å². The summed E-state index contributed by atoms with van der Waals surface area (Å²) < 4.78 is 13.0. The quantitative estimate of drug-likeness (QED) is 0.800. The first-order valence-electron chi connectivity index (χ1n) is 10.3. The van der Waals surface area contributed by atoms with Gasteiger partial charge < -0.3 is 14.7 Å². The van der Waals surface area contributed by atoms with Crippen LogP contribution >= 0.6 is 0 Å². The van der Waals surface area contributed by atoms with Gasteiger partial charge in [-0.1, -0.05) is 12.1 Å². The third-order valence-electron chi connectivity index (χ3n) is 5.77. The van der Waals surface area contributed by atoms with E-state index in [4.69, 9.17) is 0 Å². The molecule has 0 radical (unpaired) electrons. The lowest BCUT2D eigenvalue weighted by Crippen LogP contribution is -2.51. The highest BCUT2D eigenvalue weighted by molar-refractivity contribution is 5.94. The van der Waals surface area contributed by atoms with Gasteiger partial charge in [-0.3, -0.25) is 9.59 Å². The van der Waals surface area contributed by atoms with Gasteiger partial charge in [-0.05, 0) is 54.8 Å². The molecular formula is C23H26FN3O2. The molecule has 2 aromatic rings. The van der Waals surface area contributed by atoms with Crippen LogP contribution in [0.25, 0.3) is 0 Å². The lowest BCUT2D eigenvalue weighted by atomic mass is 10.1. The van der Waals surface area contributed by atoms with Crippen molar-refractivity contribution >= 4 is 17.5 Å². The van der Waals surface area contributed by atoms with Crippen LogP contribution in [0, 0.1) is 5.82 Å². The minimum atomic E-state index is -0.304. The molecular weight excluding hydrogens is 369 g/mol. The molecule has 0 unspecified atom stereocenters. The summed E-state index contributed by atoms with van der Waals surface area (Å²) >= 11 is 0. The highest BCUT2D eigenvalue weighted by atomic mass is 19.1. The first-order chi connectivity index (χ1) is 14.1. The van der Waals surface area contributed by atoms with E-state index >= 15 is 0 Å². The molecule has 2 saturated heterocycles. The minimum absolute atomic E-state index is 0.0127. The van der Waals surface area contributed by atoms with E-state index in [0.717, 1.165) is 18.7 Å². The Morgan fingerprint density at radius 3 is 1.97 bits per heavy atom. The summed E-state index contributed by atoms with van der Waals surface area (Å²) in [5, 5.41) is 0. The molecule has 2 aromatic carbocycles. The van der Waals surface area contributed by atoms with Crippen molar-refractivity contribution in [3.63, 3.8) is 0 Å². The van der Waals surface area contributed by atoms with Gasteiger partial charge in [0.15, 0.2) is 0 Å². The summed E-state index contributed by atoms with van der Waals surface area (Å²) in [4.78, 5) is 31.2. The zero-order valence-electron chi connectivity index (χ0n) is 16.5. The van der Waals surface area contributed by atoms with Crippen LogP contribution in [0.15, 0.2) is 48.5 Å². The lowest BCUT2D eigenvalue weighted by molar-refractivity contribution is -0.131. The first-order valence-corrected chi connectivity index (χ1v) is 10.3. The van der Waals surface area contributed by atoms with Crippen LogP contribution in [0.3, 0.4) is 0 Å². The maximum Gasteiger partial charge on any atom is 0.253 e. The molecule has 0 N–H and O–H groups in total. The summed E-state index contributed by atoms with van der Waals surface area (Å²) in [6.07, 6.45) is 2.71. The van der Waals surface area contributed by atoms with Crippen molar-refractivity contribution < 1.29 is 14.0 Å². The smallest absolute Gasteiger partial charge is 0.253 e. The van der Waals surface area contributed by atoms with Crippen LogP contribution in [-0.2, 0) is 11.2 Å². The van der Waals surface area contributed by atoms with Crippen molar-refractivity contribution in [3.05, 3.63) is 65.5 Å². The average Bonchev–Trinajstić information content (AvgIpc) is 3.30. The summed E-state index contributed by atoms with van der Waals surface area (Å²) in [6.45, 7) is 4.28. The third kappa shape index (κ3) is 4.58. The highest BCUT2D eigenvalue weighted by Crippen LogP contribution is 2.21. The molecule has 152 valence electrons. The van der Waals surface area contributed by atoms with Gasteiger partial charge in [0.2, 0.25) is 5.91 Å². The lowest BCUT2D eigenvalue weighted by Gasteiger charge is -2.35. The highest BCUT2D eigenvalue weighted by Gasteiger charge is 2.25. The second-order valence-electron chi connectivity index (χ2n) is 7.72. The molecule has 0 spiro atoms. The van der Waals surface area contributed by atoms with Crippen molar-refractivity contribution in [3.8, 4) is 0 Å². The normalized spacial score (nSPS) is 16.9. The summed E-state index contributed by atoms with van der Waals surface area (Å²) in [5.41, 5.74) is 2.67. The first kappa shape index (κ1) is 19.4. The van der Waals surface area contributed by atoms with E-state index in [-0.39, 0.29) is 24.1 Å². The summed E-state index contributed by atoms with van der Waals surface area (Å²) in [5.74, 6) is -0.274. The van der Waals surface area contributed by atoms with Crippen molar-refractivity contribution in [1.82, 2.24) is 9.80 Å². The fraction of sp³-hybridized carbons (Fsp3) is 0.391. The molecule has 2 heterocycles. The Balaban J connectivity index is 1.30. The van der Waals surface area contributed by atoms with Crippen LogP contribution in [0.1, 0.15) is 28.8 Å². The molecule has 0 atom stereocenters. The van der Waals surface area contributed by atoms with Gasteiger partial charge in [0.05, 0.1) is 6.42 Å². The molecule has 4 rings (SSSR count). The van der Waals surface area contributed by atoms with Crippen molar-refractivity contribution in [1.29, 1.82) is 0 Å². The third-order valence-corrected chi connectivity index (χ3v) is 5.77. The standard InChI is InChI=1S/C23H26FN3O2/c24-20-7-3-18(4-8-20)17-22(28)26-13-15-27(16-14-26)23(29)19-5-9-21(10-6-19)25-11-1-2-12-25/h3-10H,1-2,11-17H2. The molecule has 2 fully saturated rings. The van der Waals surface area contributed by atoms with Gasteiger partial charge >= 0.3 is 0 Å². The van der Waals surface area contributed by atoms with E-state index in [2.05, 4.69) is 4.90 Å². The van der Waals surface area contributed by atoms with Gasteiger partial charge in [-0.15, -0.1) is 0 Å². The molecule has 0 bridgehead atoms. The molecule has 2 amide bonds. The Hall–Kier alpha value is -2.89. The van der Waals surface area contributed by atoms with Crippen LogP contribution in [-0.4, -0.2) is 60.9 Å². The number of carbonyl (C=O) groups is 2. The number of rotatable bonds is 4. The fourth-order valence-corrected chi connectivity index (χ4v) is 4.02. The van der Waals surface area contributed by atoms with Gasteiger partial charge in [0, 0.05) is 50.5 Å². The van der Waals surface area contributed by atoms with E-state index in [1.807, 2.05) is 29.2 Å². The van der Waals surface area contributed by atoms with Crippen molar-refractivity contribution in [2.45, 2.75) is 19.3 Å². The maximum atomic E-state index is 13.0. The number of carbonyl (C=O) groups excluding carboxylic acids is 2. The fourth-order valence-electron chi connectivity index (χ4n) is 4.02. The Morgan fingerprint density at radius 1 is 0.759 bits per heavy atom. The minimum Gasteiger partial charge on any atom is -0.372 e. The zero-order valence-corrected chi connectivity index (χ0v) is 16.5. The van der Waals surface area contributed by atoms with Crippen molar-refractivity contribution in [2.24, 2.45) is 0 Å². The molecule has 2 aliphatic rings. The Kier molecular flexibility index (Phi) is 5.79. The van der Waals surface area contributed by atoms with E-state index in [0.29, 0.717) is 31.7 Å². The number of benzene rings is 2. The number of nitrogens with zero attached hydrogens (tertiary/aromatic N) is 3. The van der Waals surface area contributed by atoms with E-state index in [1.165, 1.54) is 30.7 Å². The summed E-state index contributed by atoms with van der Waals surface area (Å²) in [7, 11) is 0. The van der Waals surface area contributed by atoms with E-state index in [1.54, 1.807) is 17.0 Å². The molecule has 29 heavy (non-hydrogen) atoms. The number of hydrogen-bond donors (Lipinski definition) is 0. The molecule has 0 aliphatic carbocycles. The van der Waals surface area contributed by atoms with Crippen molar-refractivity contribution in [2.75, 3.05) is 44.2 Å². The van der Waals surface area contributed by atoms with Crippen LogP contribution in [0.4, 0.5) is 10.1 Å². The topological polar surface area (TPSA) is 43.9 Å². The van der Waals surface area contributed by atoms with Crippen LogP contribution < -0.4 is 4.90 Å². The Morgan fingerprint density at radius 2 is 1.34 bits per heavy atom. The molecule has 5 nitrogen and oxygen atoms in total. The number of piperazine rings is 1. The predicted molar refractivity (Wildman–Crippen MR) is 110 cm³/mol. The maximum absolute atomic E-state index is 13.0. The molecule has 6 heteroatoms. The zero-order chi connectivity index (χ0) is 20.2. The second kappa shape index (κ2) is 8.64. The second-order valence-corrected chi connectivity index (χ2v) is 7.72. The molecule has 0 aromatic heterocycles. The number of anilines is 1. The summed E-state index contributed by atoms with van der Waals surface area (Å²) in [6, 6.07) is 13.9. The Bertz CT molecular complexity index is 853. The van der Waals surface area contributed by atoms with Gasteiger partial charge in [-0.25, -0.2) is 4.39 Å². The monoisotopic (exact) mass is 395 g/mol. The average molecular weight is 395 g/mol. The van der Waals surface area contributed by atoms with Gasteiger partial charge in [-0.2, -0.15) is 0 Å². The predicted octanol–water partition coefficient (Wildman–Crippen LogP) is 2.95. The molecule has 2 aliphatic heterocycles. The van der Waals surface area contributed by atoms with Crippen LogP contribution in [0.2, 0.25) is 0 Å². The SMILES string of the molecule is O=C(Cc1ccc(F)cc1)N1CCN(C(=O)c2ccc(N3CCCC3)cc2)CC1. The number of hydrogen-bond acceptors (Lipinski definition) is 3. The molecule has 0 saturated carbocycles. The van der Waals surface area contributed by atoms with E-state index in [9.17, 15) is 14.0 Å². The number of halogens is 1. The Labute approximate surface area is 170 Å². The number of amides is 2. The van der Waals surface area contributed by atoms with Gasteiger partial charge in [0.1, 0.15) is 5.82 Å².